The van der Waals surface area contributed by atoms with Crippen LogP contribution in [0, 0.1) is 5.92 Å². The minimum absolute atomic E-state index is 0.0671. The molecule has 0 aromatic heterocycles. The summed E-state index contributed by atoms with van der Waals surface area (Å²) in [5.41, 5.74) is 1.23. The maximum absolute atomic E-state index is 12.2. The van der Waals surface area contributed by atoms with Gasteiger partial charge in [-0.05, 0) is 56.9 Å². The normalized spacial score (nSPS) is 20.7. The molecular formula is C23H37NO2. The molecule has 146 valence electrons. The molecule has 3 nitrogen and oxygen atoms in total. The van der Waals surface area contributed by atoms with Crippen molar-refractivity contribution in [1.82, 2.24) is 5.32 Å². The molecule has 1 N–H and O–H groups in total. The van der Waals surface area contributed by atoms with Crippen molar-refractivity contribution >= 4 is 5.91 Å². The fourth-order valence-electron chi connectivity index (χ4n) is 4.31. The standard InChI is InChI=1S/C23H37NO2/c1-7-17(8-2)21(25)24-19-14-20(15-19)26-23(5,6)16-22(3,4)18-12-10-9-11-13-18/h9-13,17,19-20H,7-8,14-16H2,1-6H3,(H,24,25). The molecule has 0 atom stereocenters. The predicted molar refractivity (Wildman–Crippen MR) is 108 cm³/mol. The Hall–Kier alpha value is -1.35. The lowest BCUT2D eigenvalue weighted by Gasteiger charge is -2.43. The lowest BCUT2D eigenvalue weighted by molar-refractivity contribution is -0.135. The molecule has 1 fully saturated rings. The second-order valence-electron chi connectivity index (χ2n) is 9.12. The minimum atomic E-state index is -0.186. The first-order chi connectivity index (χ1) is 12.2. The Labute approximate surface area is 159 Å². The van der Waals surface area contributed by atoms with E-state index in [1.165, 1.54) is 5.56 Å². The maximum atomic E-state index is 12.2. The third kappa shape index (κ3) is 5.57. The number of amides is 1. The first-order valence-corrected chi connectivity index (χ1v) is 10.2. The van der Waals surface area contributed by atoms with Crippen LogP contribution in [0.2, 0.25) is 0 Å². The molecule has 2 rings (SSSR count). The lowest BCUT2D eigenvalue weighted by atomic mass is 9.76. The van der Waals surface area contributed by atoms with Crippen molar-refractivity contribution in [2.75, 3.05) is 0 Å². The smallest absolute Gasteiger partial charge is 0.223 e. The summed E-state index contributed by atoms with van der Waals surface area (Å²) in [6.45, 7) is 13.1. The van der Waals surface area contributed by atoms with Gasteiger partial charge in [0, 0.05) is 12.0 Å². The second-order valence-corrected chi connectivity index (χ2v) is 9.12. The molecule has 0 saturated heterocycles. The van der Waals surface area contributed by atoms with Crippen LogP contribution < -0.4 is 5.32 Å². The molecule has 0 unspecified atom stereocenters. The molecule has 1 aliphatic rings. The number of benzene rings is 1. The van der Waals surface area contributed by atoms with E-state index in [1.807, 2.05) is 0 Å². The molecule has 3 heteroatoms. The second kappa shape index (κ2) is 8.56. The molecule has 26 heavy (non-hydrogen) atoms. The summed E-state index contributed by atoms with van der Waals surface area (Å²) in [6, 6.07) is 10.9. The molecule has 0 radical (unpaired) electrons. The van der Waals surface area contributed by atoms with Crippen LogP contribution in [0.1, 0.15) is 79.2 Å². The molecule has 0 bridgehead atoms. The first kappa shape index (κ1) is 21.0. The Morgan fingerprint density at radius 1 is 1.12 bits per heavy atom. The highest BCUT2D eigenvalue weighted by Crippen LogP contribution is 2.37. The highest BCUT2D eigenvalue weighted by Gasteiger charge is 2.38. The highest BCUT2D eigenvalue weighted by molar-refractivity contribution is 5.78. The fourth-order valence-corrected chi connectivity index (χ4v) is 4.31. The van der Waals surface area contributed by atoms with Crippen molar-refractivity contribution in [2.45, 2.75) is 96.8 Å². The van der Waals surface area contributed by atoms with Gasteiger partial charge in [-0.25, -0.2) is 0 Å². The van der Waals surface area contributed by atoms with Gasteiger partial charge in [0.1, 0.15) is 0 Å². The maximum Gasteiger partial charge on any atom is 0.223 e. The Bertz CT molecular complexity index is 569. The molecule has 1 aliphatic carbocycles. The van der Waals surface area contributed by atoms with Crippen molar-refractivity contribution in [1.29, 1.82) is 0 Å². The quantitative estimate of drug-likeness (QED) is 0.655. The largest absolute Gasteiger partial charge is 0.372 e. The van der Waals surface area contributed by atoms with E-state index in [4.69, 9.17) is 4.74 Å². The van der Waals surface area contributed by atoms with Crippen LogP contribution in [-0.4, -0.2) is 23.7 Å². The molecular weight excluding hydrogens is 322 g/mol. The summed E-state index contributed by atoms with van der Waals surface area (Å²) < 4.78 is 6.40. The summed E-state index contributed by atoms with van der Waals surface area (Å²) in [4.78, 5) is 12.2. The average molecular weight is 360 g/mol. The zero-order valence-electron chi connectivity index (χ0n) is 17.5. The Kier molecular flexibility index (Phi) is 6.90. The first-order valence-electron chi connectivity index (χ1n) is 10.2. The summed E-state index contributed by atoms with van der Waals surface area (Å²) in [5.74, 6) is 0.362. The Morgan fingerprint density at radius 3 is 2.23 bits per heavy atom. The number of carbonyl (C=O) groups excluding carboxylic acids is 1. The molecule has 1 amide bonds. The number of rotatable bonds is 9. The van der Waals surface area contributed by atoms with Crippen molar-refractivity contribution in [3.8, 4) is 0 Å². The van der Waals surface area contributed by atoms with Gasteiger partial charge in [-0.2, -0.15) is 0 Å². The van der Waals surface area contributed by atoms with Crippen LogP contribution in [0.4, 0.5) is 0 Å². The van der Waals surface area contributed by atoms with Gasteiger partial charge in [0.15, 0.2) is 0 Å². The van der Waals surface area contributed by atoms with Gasteiger partial charge in [-0.3, -0.25) is 4.79 Å². The van der Waals surface area contributed by atoms with Gasteiger partial charge < -0.3 is 10.1 Å². The molecule has 1 aromatic rings. The number of carbonyl (C=O) groups is 1. The fraction of sp³-hybridized carbons (Fsp3) is 0.696. The number of hydrogen-bond donors (Lipinski definition) is 1. The van der Waals surface area contributed by atoms with Crippen molar-refractivity contribution < 1.29 is 9.53 Å². The van der Waals surface area contributed by atoms with Crippen LogP contribution in [-0.2, 0) is 14.9 Å². The molecule has 0 spiro atoms. The third-order valence-corrected chi connectivity index (χ3v) is 5.71. The Morgan fingerprint density at radius 2 is 1.69 bits per heavy atom. The molecule has 0 heterocycles. The van der Waals surface area contributed by atoms with Gasteiger partial charge in [-0.15, -0.1) is 0 Å². The van der Waals surface area contributed by atoms with Crippen molar-refractivity contribution in [2.24, 2.45) is 5.92 Å². The van der Waals surface area contributed by atoms with E-state index in [1.54, 1.807) is 0 Å². The van der Waals surface area contributed by atoms with E-state index in [0.29, 0.717) is 0 Å². The van der Waals surface area contributed by atoms with Crippen LogP contribution in [0.25, 0.3) is 0 Å². The zero-order valence-corrected chi connectivity index (χ0v) is 17.5. The topological polar surface area (TPSA) is 38.3 Å². The van der Waals surface area contributed by atoms with Crippen molar-refractivity contribution in [3.63, 3.8) is 0 Å². The van der Waals surface area contributed by atoms with Crippen LogP contribution in [0.3, 0.4) is 0 Å². The van der Waals surface area contributed by atoms with Crippen LogP contribution in [0.15, 0.2) is 30.3 Å². The summed E-state index contributed by atoms with van der Waals surface area (Å²) in [7, 11) is 0. The SMILES string of the molecule is CCC(CC)C(=O)NC1CC(OC(C)(C)CC(C)(C)c2ccccc2)C1. The zero-order chi connectivity index (χ0) is 19.4. The van der Waals surface area contributed by atoms with E-state index in [0.717, 1.165) is 32.1 Å². The number of hydrogen-bond acceptors (Lipinski definition) is 2. The van der Waals surface area contributed by atoms with E-state index in [9.17, 15) is 4.79 Å². The van der Waals surface area contributed by atoms with E-state index < -0.39 is 0 Å². The molecule has 1 aromatic carbocycles. The van der Waals surface area contributed by atoms with Crippen molar-refractivity contribution in [3.05, 3.63) is 35.9 Å². The monoisotopic (exact) mass is 359 g/mol. The summed E-state index contributed by atoms with van der Waals surface area (Å²) in [5, 5.41) is 3.19. The lowest BCUT2D eigenvalue weighted by Crippen LogP contribution is -2.51. The highest BCUT2D eigenvalue weighted by atomic mass is 16.5. The van der Waals surface area contributed by atoms with E-state index in [-0.39, 0.29) is 35.0 Å². The molecule has 0 aliphatic heterocycles. The number of nitrogens with one attached hydrogen (secondary N) is 1. The summed E-state index contributed by atoms with van der Waals surface area (Å²) in [6.07, 6.45) is 4.91. The van der Waals surface area contributed by atoms with Crippen LogP contribution in [0.5, 0.6) is 0 Å². The van der Waals surface area contributed by atoms with Gasteiger partial charge in [0.25, 0.3) is 0 Å². The molecule has 1 saturated carbocycles. The van der Waals surface area contributed by atoms with Gasteiger partial charge in [0.2, 0.25) is 5.91 Å². The Balaban J connectivity index is 1.81. The van der Waals surface area contributed by atoms with Gasteiger partial charge >= 0.3 is 0 Å². The van der Waals surface area contributed by atoms with E-state index >= 15 is 0 Å². The van der Waals surface area contributed by atoms with E-state index in [2.05, 4.69) is 77.2 Å². The predicted octanol–water partition coefficient (Wildman–Crippen LogP) is 5.23. The van der Waals surface area contributed by atoms with Gasteiger partial charge in [-0.1, -0.05) is 58.0 Å². The van der Waals surface area contributed by atoms with Crippen LogP contribution >= 0.6 is 0 Å². The minimum Gasteiger partial charge on any atom is -0.372 e. The average Bonchev–Trinajstić information content (AvgIpc) is 2.53. The number of ether oxygens (including phenoxy) is 1. The third-order valence-electron chi connectivity index (χ3n) is 5.71. The summed E-state index contributed by atoms with van der Waals surface area (Å²) >= 11 is 0. The van der Waals surface area contributed by atoms with Gasteiger partial charge in [0.05, 0.1) is 11.7 Å².